The van der Waals surface area contributed by atoms with Gasteiger partial charge in [-0.1, -0.05) is 23.4 Å². The molecule has 1 aromatic heterocycles. The molecule has 0 unspecified atom stereocenters. The molecule has 1 fully saturated rings. The van der Waals surface area contributed by atoms with Crippen LogP contribution in [0.1, 0.15) is 16.4 Å². The monoisotopic (exact) mass is 401 g/mol. The van der Waals surface area contributed by atoms with Crippen LogP contribution in [0.4, 0.5) is 10.1 Å². The van der Waals surface area contributed by atoms with Gasteiger partial charge in [0.2, 0.25) is 0 Å². The summed E-state index contributed by atoms with van der Waals surface area (Å²) in [6.45, 7) is 0.987. The van der Waals surface area contributed by atoms with Gasteiger partial charge < -0.3 is 4.90 Å². The van der Waals surface area contributed by atoms with Crippen LogP contribution in [0.25, 0.3) is 0 Å². The normalized spacial score (nSPS) is 14.5. The number of anilines is 1. The molecule has 0 bridgehead atoms. The number of nitrogens with one attached hydrogen (secondary N) is 1. The van der Waals surface area contributed by atoms with E-state index < -0.39 is 20.7 Å². The number of hydrogen-bond acceptors (Lipinski definition) is 5. The summed E-state index contributed by atoms with van der Waals surface area (Å²) in [6, 6.07) is 11.3. The predicted octanol–water partition coefficient (Wildman–Crippen LogP) is 1.92. The van der Waals surface area contributed by atoms with Gasteiger partial charge in [-0.3, -0.25) is 9.52 Å². The van der Waals surface area contributed by atoms with E-state index in [9.17, 15) is 17.6 Å². The Balaban J connectivity index is 1.48. The van der Waals surface area contributed by atoms with E-state index in [4.69, 9.17) is 0 Å². The van der Waals surface area contributed by atoms with Crippen molar-refractivity contribution in [2.24, 2.45) is 0 Å². The topological polar surface area (TPSA) is 97.2 Å². The van der Waals surface area contributed by atoms with Gasteiger partial charge in [-0.05, 0) is 30.3 Å². The number of benzene rings is 2. The van der Waals surface area contributed by atoms with Crippen LogP contribution < -0.4 is 4.72 Å². The standard InChI is InChI=1S/C18H16FN5O3S/c19-16-6-1-2-7-17(16)28(26,27)21-14-5-3-4-13(10-14)18(25)23-11-15(12-23)24-9-8-20-22-24/h1-10,15,21H,11-12H2. The summed E-state index contributed by atoms with van der Waals surface area (Å²) in [5.41, 5.74) is 0.522. The van der Waals surface area contributed by atoms with Crippen molar-refractivity contribution >= 4 is 21.6 Å². The third-order valence-corrected chi connectivity index (χ3v) is 5.87. The zero-order chi connectivity index (χ0) is 19.7. The fraction of sp³-hybridized carbons (Fsp3) is 0.167. The number of rotatable bonds is 5. The van der Waals surface area contributed by atoms with Gasteiger partial charge in [0, 0.05) is 30.5 Å². The van der Waals surface area contributed by atoms with E-state index in [1.54, 1.807) is 34.1 Å². The van der Waals surface area contributed by atoms with Crippen LogP contribution in [0.3, 0.4) is 0 Å². The Morgan fingerprint density at radius 3 is 2.64 bits per heavy atom. The van der Waals surface area contributed by atoms with Crippen LogP contribution in [0.5, 0.6) is 0 Å². The quantitative estimate of drug-likeness (QED) is 0.704. The average Bonchev–Trinajstić information content (AvgIpc) is 3.14. The minimum absolute atomic E-state index is 0.0780. The van der Waals surface area contributed by atoms with Crippen molar-refractivity contribution in [3.05, 3.63) is 72.3 Å². The molecule has 4 rings (SSSR count). The Morgan fingerprint density at radius 1 is 1.14 bits per heavy atom. The second kappa shape index (κ2) is 7.04. The van der Waals surface area contributed by atoms with E-state index in [1.807, 2.05) is 0 Å². The maximum absolute atomic E-state index is 13.8. The first-order valence-electron chi connectivity index (χ1n) is 8.46. The molecule has 1 saturated heterocycles. The van der Waals surface area contributed by atoms with Crippen LogP contribution in [0.2, 0.25) is 0 Å². The van der Waals surface area contributed by atoms with Gasteiger partial charge >= 0.3 is 0 Å². The first-order chi connectivity index (χ1) is 13.4. The Morgan fingerprint density at radius 2 is 1.93 bits per heavy atom. The molecule has 0 radical (unpaired) electrons. The fourth-order valence-corrected chi connectivity index (χ4v) is 4.10. The van der Waals surface area contributed by atoms with Gasteiger partial charge in [0.25, 0.3) is 15.9 Å². The van der Waals surface area contributed by atoms with Gasteiger partial charge in [-0.25, -0.2) is 17.5 Å². The van der Waals surface area contributed by atoms with Crippen LogP contribution >= 0.6 is 0 Å². The van der Waals surface area contributed by atoms with Crippen molar-refractivity contribution in [1.29, 1.82) is 0 Å². The van der Waals surface area contributed by atoms with E-state index in [0.29, 0.717) is 18.7 Å². The summed E-state index contributed by atoms with van der Waals surface area (Å²) in [6.07, 6.45) is 3.32. The lowest BCUT2D eigenvalue weighted by Gasteiger charge is -2.38. The molecule has 144 valence electrons. The summed E-state index contributed by atoms with van der Waals surface area (Å²) in [5.74, 6) is -1.06. The van der Waals surface area contributed by atoms with Crippen molar-refractivity contribution in [2.45, 2.75) is 10.9 Å². The number of likely N-dealkylation sites (tertiary alicyclic amines) is 1. The van der Waals surface area contributed by atoms with Crippen LogP contribution in [-0.4, -0.2) is 47.3 Å². The van der Waals surface area contributed by atoms with E-state index in [-0.39, 0.29) is 17.6 Å². The van der Waals surface area contributed by atoms with E-state index >= 15 is 0 Å². The molecular formula is C18H16FN5O3S. The lowest BCUT2D eigenvalue weighted by atomic mass is 10.1. The summed E-state index contributed by atoms with van der Waals surface area (Å²) in [4.78, 5) is 13.8. The summed E-state index contributed by atoms with van der Waals surface area (Å²) < 4.78 is 42.7. The van der Waals surface area contributed by atoms with Gasteiger partial charge in [0.15, 0.2) is 0 Å². The Hall–Kier alpha value is -3.27. The Bertz CT molecular complexity index is 1110. The largest absolute Gasteiger partial charge is 0.334 e. The van der Waals surface area contributed by atoms with Gasteiger partial charge in [-0.2, -0.15) is 0 Å². The van der Waals surface area contributed by atoms with Crippen molar-refractivity contribution in [3.63, 3.8) is 0 Å². The molecule has 1 N–H and O–H groups in total. The first kappa shape index (κ1) is 18.1. The highest BCUT2D eigenvalue weighted by atomic mass is 32.2. The third kappa shape index (κ3) is 3.46. The fourth-order valence-electron chi connectivity index (χ4n) is 2.97. The van der Waals surface area contributed by atoms with Crippen LogP contribution in [-0.2, 0) is 10.0 Å². The molecule has 3 aromatic rings. The second-order valence-electron chi connectivity index (χ2n) is 6.36. The Labute approximate surface area is 160 Å². The molecule has 0 spiro atoms. The van der Waals surface area contributed by atoms with E-state index in [1.165, 1.54) is 30.3 Å². The molecule has 8 nitrogen and oxygen atoms in total. The molecule has 10 heteroatoms. The minimum atomic E-state index is -4.11. The first-order valence-corrected chi connectivity index (χ1v) is 9.95. The number of hydrogen-bond donors (Lipinski definition) is 1. The van der Waals surface area contributed by atoms with Gasteiger partial charge in [-0.15, -0.1) is 5.10 Å². The van der Waals surface area contributed by atoms with Crippen LogP contribution in [0.15, 0.2) is 65.8 Å². The lowest BCUT2D eigenvalue weighted by molar-refractivity contribution is 0.0498. The van der Waals surface area contributed by atoms with E-state index in [0.717, 1.165) is 6.07 Å². The highest BCUT2D eigenvalue weighted by molar-refractivity contribution is 7.92. The Kier molecular flexibility index (Phi) is 4.55. The molecule has 0 aliphatic carbocycles. The number of nitrogens with zero attached hydrogens (tertiary/aromatic N) is 4. The molecule has 0 saturated carbocycles. The molecule has 1 amide bonds. The van der Waals surface area contributed by atoms with E-state index in [2.05, 4.69) is 15.0 Å². The molecule has 2 aromatic carbocycles. The molecule has 2 heterocycles. The molecule has 1 aliphatic rings. The zero-order valence-corrected chi connectivity index (χ0v) is 15.4. The smallest absolute Gasteiger partial charge is 0.264 e. The third-order valence-electron chi connectivity index (χ3n) is 4.45. The second-order valence-corrected chi connectivity index (χ2v) is 8.01. The SMILES string of the molecule is O=C(c1cccc(NS(=O)(=O)c2ccccc2F)c1)N1CC(n2ccnn2)C1. The van der Waals surface area contributed by atoms with Crippen LogP contribution in [0, 0.1) is 5.82 Å². The lowest BCUT2D eigenvalue weighted by Crippen LogP contribution is -2.50. The van der Waals surface area contributed by atoms with Crippen molar-refractivity contribution in [3.8, 4) is 0 Å². The summed E-state index contributed by atoms with van der Waals surface area (Å²) in [7, 11) is -4.11. The number of halogens is 1. The molecule has 0 atom stereocenters. The number of carbonyl (C=O) groups is 1. The van der Waals surface area contributed by atoms with Gasteiger partial charge in [0.1, 0.15) is 10.7 Å². The maximum atomic E-state index is 13.8. The average molecular weight is 401 g/mol. The zero-order valence-electron chi connectivity index (χ0n) is 14.6. The predicted molar refractivity (Wildman–Crippen MR) is 98.6 cm³/mol. The number of aromatic nitrogens is 3. The summed E-state index contributed by atoms with van der Waals surface area (Å²) >= 11 is 0. The molecule has 28 heavy (non-hydrogen) atoms. The van der Waals surface area contributed by atoms with Gasteiger partial charge in [0.05, 0.1) is 12.2 Å². The molecule has 1 aliphatic heterocycles. The minimum Gasteiger partial charge on any atom is -0.334 e. The van der Waals surface area contributed by atoms with Crippen molar-refractivity contribution < 1.29 is 17.6 Å². The maximum Gasteiger partial charge on any atom is 0.264 e. The number of sulfonamides is 1. The highest BCUT2D eigenvalue weighted by Crippen LogP contribution is 2.24. The number of carbonyl (C=O) groups excluding carboxylic acids is 1. The van der Waals surface area contributed by atoms with Crippen molar-refractivity contribution in [2.75, 3.05) is 17.8 Å². The number of amides is 1. The highest BCUT2D eigenvalue weighted by Gasteiger charge is 2.33. The summed E-state index contributed by atoms with van der Waals surface area (Å²) in [5, 5.41) is 7.66. The molecular weight excluding hydrogens is 385 g/mol. The van der Waals surface area contributed by atoms with Crippen molar-refractivity contribution in [1.82, 2.24) is 19.9 Å².